The van der Waals surface area contributed by atoms with Crippen molar-refractivity contribution in [3.8, 4) is 0 Å². The van der Waals surface area contributed by atoms with Crippen LogP contribution in [0.3, 0.4) is 0 Å². The quantitative estimate of drug-likeness (QED) is 0.670. The Labute approximate surface area is 81.5 Å². The highest BCUT2D eigenvalue weighted by Crippen LogP contribution is 1.95. The number of morpholine rings is 1. The zero-order valence-electron chi connectivity index (χ0n) is 7.98. The van der Waals surface area contributed by atoms with Gasteiger partial charge in [0.15, 0.2) is 0 Å². The molecule has 0 amide bonds. The first-order valence-corrected chi connectivity index (χ1v) is 4.77. The van der Waals surface area contributed by atoms with Crippen molar-refractivity contribution in [3.05, 3.63) is 16.8 Å². The van der Waals surface area contributed by atoms with E-state index in [0.29, 0.717) is 6.54 Å². The van der Waals surface area contributed by atoms with Gasteiger partial charge in [-0.2, -0.15) is 5.10 Å². The summed E-state index contributed by atoms with van der Waals surface area (Å²) in [6.45, 7) is 4.96. The summed E-state index contributed by atoms with van der Waals surface area (Å²) in [5.74, 6) is 0. The lowest BCUT2D eigenvalue weighted by Gasteiger charge is -2.26. The van der Waals surface area contributed by atoms with Crippen LogP contribution in [-0.4, -0.2) is 52.5 Å². The van der Waals surface area contributed by atoms with Crippen molar-refractivity contribution in [3.63, 3.8) is 0 Å². The molecule has 1 saturated heterocycles. The molecular weight excluding hydrogens is 184 g/mol. The normalized spacial score (nSPS) is 18.6. The summed E-state index contributed by atoms with van der Waals surface area (Å²) in [5, 5.41) is 3.89. The summed E-state index contributed by atoms with van der Waals surface area (Å²) in [6, 6.07) is 0. The molecule has 14 heavy (non-hydrogen) atoms. The van der Waals surface area contributed by atoms with Crippen molar-refractivity contribution >= 4 is 0 Å². The third-order valence-electron chi connectivity index (χ3n) is 2.35. The van der Waals surface area contributed by atoms with E-state index in [4.69, 9.17) is 4.74 Å². The summed E-state index contributed by atoms with van der Waals surface area (Å²) >= 11 is 0. The zero-order valence-corrected chi connectivity index (χ0v) is 7.98. The fourth-order valence-corrected chi connectivity index (χ4v) is 1.50. The van der Waals surface area contributed by atoms with Crippen LogP contribution in [-0.2, 0) is 11.3 Å². The minimum Gasteiger partial charge on any atom is -0.379 e. The van der Waals surface area contributed by atoms with Gasteiger partial charge in [-0.15, -0.1) is 0 Å². The molecule has 1 aromatic heterocycles. The molecule has 78 valence electrons. The highest BCUT2D eigenvalue weighted by atomic mass is 16.5. The Kier molecular flexibility index (Phi) is 2.95. The first-order chi connectivity index (χ1) is 6.86. The average Bonchev–Trinajstić information content (AvgIpc) is 2.63. The largest absolute Gasteiger partial charge is 0.379 e. The SMILES string of the molecule is O=c1[nH]cnn1CCN1CCOCC1. The van der Waals surface area contributed by atoms with E-state index in [1.807, 2.05) is 0 Å². The van der Waals surface area contributed by atoms with Gasteiger partial charge < -0.3 is 4.74 Å². The molecular formula is C8H14N4O2. The Morgan fingerprint density at radius 3 is 2.86 bits per heavy atom. The molecule has 1 aliphatic rings. The Hall–Kier alpha value is -1.14. The van der Waals surface area contributed by atoms with Crippen molar-refractivity contribution in [2.24, 2.45) is 0 Å². The fourth-order valence-electron chi connectivity index (χ4n) is 1.50. The second kappa shape index (κ2) is 4.39. The van der Waals surface area contributed by atoms with Crippen LogP contribution < -0.4 is 5.69 Å². The van der Waals surface area contributed by atoms with E-state index >= 15 is 0 Å². The van der Waals surface area contributed by atoms with Gasteiger partial charge in [0.2, 0.25) is 0 Å². The highest BCUT2D eigenvalue weighted by molar-refractivity contribution is 4.64. The second-order valence-corrected chi connectivity index (χ2v) is 3.27. The lowest BCUT2D eigenvalue weighted by atomic mass is 10.4. The van der Waals surface area contributed by atoms with E-state index in [1.165, 1.54) is 11.0 Å². The van der Waals surface area contributed by atoms with Crippen LogP contribution >= 0.6 is 0 Å². The van der Waals surface area contributed by atoms with Crippen LogP contribution in [0.5, 0.6) is 0 Å². The first kappa shape index (κ1) is 9.42. The van der Waals surface area contributed by atoms with Gasteiger partial charge in [-0.1, -0.05) is 0 Å². The molecule has 1 aromatic rings. The smallest absolute Gasteiger partial charge is 0.343 e. The van der Waals surface area contributed by atoms with Crippen LogP contribution in [0.15, 0.2) is 11.1 Å². The van der Waals surface area contributed by atoms with Crippen molar-refractivity contribution < 1.29 is 4.74 Å². The van der Waals surface area contributed by atoms with E-state index < -0.39 is 0 Å². The molecule has 0 atom stereocenters. The molecule has 0 saturated carbocycles. The predicted molar refractivity (Wildman–Crippen MR) is 50.1 cm³/mol. The number of hydrogen-bond donors (Lipinski definition) is 1. The van der Waals surface area contributed by atoms with E-state index in [1.54, 1.807) is 0 Å². The Morgan fingerprint density at radius 2 is 2.21 bits per heavy atom. The standard InChI is InChI=1S/C8H14N4O2/c13-8-9-7-10-12(8)2-1-11-3-5-14-6-4-11/h7H,1-6H2,(H,9,10,13). The van der Waals surface area contributed by atoms with Crippen LogP contribution in [0.4, 0.5) is 0 Å². The topological polar surface area (TPSA) is 63.2 Å². The van der Waals surface area contributed by atoms with Crippen LogP contribution in [0, 0.1) is 0 Å². The maximum absolute atomic E-state index is 11.1. The lowest BCUT2D eigenvalue weighted by Crippen LogP contribution is -2.39. The van der Waals surface area contributed by atoms with E-state index in [9.17, 15) is 4.79 Å². The van der Waals surface area contributed by atoms with Gasteiger partial charge in [0.05, 0.1) is 19.8 Å². The van der Waals surface area contributed by atoms with Gasteiger partial charge >= 0.3 is 5.69 Å². The first-order valence-electron chi connectivity index (χ1n) is 4.77. The Morgan fingerprint density at radius 1 is 1.43 bits per heavy atom. The lowest BCUT2D eigenvalue weighted by molar-refractivity contribution is 0.0358. The number of nitrogens with zero attached hydrogens (tertiary/aromatic N) is 3. The van der Waals surface area contributed by atoms with Crippen LogP contribution in [0.25, 0.3) is 0 Å². The maximum atomic E-state index is 11.1. The van der Waals surface area contributed by atoms with E-state index in [-0.39, 0.29) is 5.69 Å². The zero-order chi connectivity index (χ0) is 9.80. The predicted octanol–water partition coefficient (Wildman–Crippen LogP) is -1.10. The minimum absolute atomic E-state index is 0.141. The monoisotopic (exact) mass is 198 g/mol. The summed E-state index contributed by atoms with van der Waals surface area (Å²) in [6.07, 6.45) is 1.42. The highest BCUT2D eigenvalue weighted by Gasteiger charge is 2.10. The number of hydrogen-bond acceptors (Lipinski definition) is 4. The number of aromatic amines is 1. The summed E-state index contributed by atoms with van der Waals surface area (Å²) in [5.41, 5.74) is -0.141. The second-order valence-electron chi connectivity index (χ2n) is 3.27. The fraction of sp³-hybridized carbons (Fsp3) is 0.750. The molecule has 6 nitrogen and oxygen atoms in total. The summed E-state index contributed by atoms with van der Waals surface area (Å²) < 4.78 is 6.67. The minimum atomic E-state index is -0.141. The molecule has 2 heterocycles. The molecule has 2 rings (SSSR count). The molecule has 0 aromatic carbocycles. The van der Waals surface area contributed by atoms with Crippen molar-refractivity contribution in [2.75, 3.05) is 32.8 Å². The molecule has 1 aliphatic heterocycles. The number of nitrogens with one attached hydrogen (secondary N) is 1. The molecule has 1 fully saturated rings. The van der Waals surface area contributed by atoms with Crippen molar-refractivity contribution in [1.29, 1.82) is 0 Å². The van der Waals surface area contributed by atoms with Gasteiger partial charge in [0.25, 0.3) is 0 Å². The van der Waals surface area contributed by atoms with Gasteiger partial charge in [-0.3, -0.25) is 9.88 Å². The molecule has 6 heteroatoms. The van der Waals surface area contributed by atoms with Gasteiger partial charge in [-0.05, 0) is 0 Å². The third-order valence-corrected chi connectivity index (χ3v) is 2.35. The van der Waals surface area contributed by atoms with Gasteiger partial charge in [0.1, 0.15) is 6.33 Å². The molecule has 0 bridgehead atoms. The molecule has 0 unspecified atom stereocenters. The van der Waals surface area contributed by atoms with Crippen molar-refractivity contribution in [2.45, 2.75) is 6.54 Å². The third kappa shape index (κ3) is 2.21. The molecule has 0 radical (unpaired) electrons. The summed E-state index contributed by atoms with van der Waals surface area (Å²) in [4.78, 5) is 15.9. The van der Waals surface area contributed by atoms with Gasteiger partial charge in [0, 0.05) is 19.6 Å². The maximum Gasteiger partial charge on any atom is 0.343 e. The Bertz CT molecular complexity index is 326. The summed E-state index contributed by atoms with van der Waals surface area (Å²) in [7, 11) is 0. The Balaban J connectivity index is 1.82. The number of H-pyrrole nitrogens is 1. The van der Waals surface area contributed by atoms with E-state index in [0.717, 1.165) is 32.8 Å². The average molecular weight is 198 g/mol. The van der Waals surface area contributed by atoms with Crippen LogP contribution in [0.2, 0.25) is 0 Å². The van der Waals surface area contributed by atoms with E-state index in [2.05, 4.69) is 15.0 Å². The van der Waals surface area contributed by atoms with Gasteiger partial charge in [-0.25, -0.2) is 9.48 Å². The van der Waals surface area contributed by atoms with Crippen LogP contribution in [0.1, 0.15) is 0 Å². The molecule has 0 aliphatic carbocycles. The molecule has 0 spiro atoms. The number of ether oxygens (including phenoxy) is 1. The van der Waals surface area contributed by atoms with Crippen molar-refractivity contribution in [1.82, 2.24) is 19.7 Å². The number of rotatable bonds is 3. The number of aromatic nitrogens is 3. The molecule has 1 N–H and O–H groups in total.